The molecule has 0 saturated heterocycles. The Hall–Kier alpha value is -4.44. The molecule has 0 aliphatic rings. The number of hydrogen-bond donors (Lipinski definition) is 0. The van der Waals surface area contributed by atoms with Crippen molar-refractivity contribution in [1.29, 1.82) is 0 Å². The maximum absolute atomic E-state index is 12.9. The van der Waals surface area contributed by atoms with Gasteiger partial charge in [0.25, 0.3) is 0 Å². The molecule has 1 heterocycles. The first-order chi connectivity index (χ1) is 17.5. The van der Waals surface area contributed by atoms with Crippen molar-refractivity contribution in [2.45, 2.75) is 6.18 Å². The van der Waals surface area contributed by atoms with E-state index in [2.05, 4.69) is 65.6 Å². The second kappa shape index (κ2) is 8.65. The number of nitrogens with zero attached hydrogens (tertiary/aromatic N) is 1. The molecule has 0 spiro atoms. The quantitative estimate of drug-likeness (QED) is 0.248. The number of alkyl halides is 3. The van der Waals surface area contributed by atoms with Crippen LogP contribution in [0.15, 0.2) is 121 Å². The lowest BCUT2D eigenvalue weighted by Gasteiger charge is -2.10. The van der Waals surface area contributed by atoms with Crippen LogP contribution >= 0.6 is 0 Å². The number of rotatable bonds is 3. The van der Waals surface area contributed by atoms with Crippen LogP contribution in [-0.4, -0.2) is 4.98 Å². The first-order valence-corrected chi connectivity index (χ1v) is 11.6. The Balaban J connectivity index is 1.33. The Bertz CT molecular complexity index is 1690. The number of para-hydroxylation sites is 1. The van der Waals surface area contributed by atoms with E-state index >= 15 is 0 Å². The Kier molecular flexibility index (Phi) is 5.30. The molecule has 0 unspecified atom stereocenters. The third-order valence-electron chi connectivity index (χ3n) is 6.55. The van der Waals surface area contributed by atoms with Crippen molar-refractivity contribution in [2.75, 3.05) is 0 Å². The van der Waals surface area contributed by atoms with Gasteiger partial charge in [0, 0.05) is 17.1 Å². The molecule has 5 aromatic carbocycles. The summed E-state index contributed by atoms with van der Waals surface area (Å²) in [4.78, 5) is 4.57. The van der Waals surface area contributed by atoms with Crippen LogP contribution in [0.2, 0.25) is 0 Å². The minimum Gasteiger partial charge on any atom is -0.256 e. The van der Waals surface area contributed by atoms with Crippen molar-refractivity contribution in [2.24, 2.45) is 0 Å². The van der Waals surface area contributed by atoms with E-state index in [0.29, 0.717) is 0 Å². The molecule has 6 rings (SSSR count). The predicted octanol–water partition coefficient (Wildman–Crippen LogP) is 9.41. The lowest BCUT2D eigenvalue weighted by atomic mass is 9.95. The third kappa shape index (κ3) is 4.11. The van der Waals surface area contributed by atoms with Crippen molar-refractivity contribution in [3.8, 4) is 33.4 Å². The minimum absolute atomic E-state index is 0.642. The van der Waals surface area contributed by atoms with Crippen LogP contribution in [0.3, 0.4) is 0 Å². The second-order valence-corrected chi connectivity index (χ2v) is 8.81. The molecule has 0 fully saturated rings. The highest BCUT2D eigenvalue weighted by Gasteiger charge is 2.29. The van der Waals surface area contributed by atoms with Gasteiger partial charge in [-0.15, -0.1) is 0 Å². The Morgan fingerprint density at radius 1 is 0.472 bits per heavy atom. The van der Waals surface area contributed by atoms with E-state index in [1.807, 2.05) is 36.5 Å². The number of fused-ring (bicyclic) bond motifs is 2. The highest BCUT2D eigenvalue weighted by atomic mass is 19.4. The summed E-state index contributed by atoms with van der Waals surface area (Å²) in [6.45, 7) is 0. The number of halogens is 3. The van der Waals surface area contributed by atoms with Gasteiger partial charge in [0.1, 0.15) is 0 Å². The van der Waals surface area contributed by atoms with Gasteiger partial charge in [0.05, 0.1) is 11.1 Å². The van der Waals surface area contributed by atoms with Gasteiger partial charge < -0.3 is 0 Å². The molecular weight excluding hydrogens is 455 g/mol. The van der Waals surface area contributed by atoms with Gasteiger partial charge >= 0.3 is 6.18 Å². The van der Waals surface area contributed by atoms with Crippen molar-refractivity contribution in [1.82, 2.24) is 4.98 Å². The van der Waals surface area contributed by atoms with Crippen LogP contribution in [0.5, 0.6) is 0 Å². The molecule has 0 atom stereocenters. The third-order valence-corrected chi connectivity index (χ3v) is 6.55. The zero-order valence-corrected chi connectivity index (χ0v) is 19.1. The summed E-state index contributed by atoms with van der Waals surface area (Å²) in [5, 5.41) is 3.22. The van der Waals surface area contributed by atoms with Crippen molar-refractivity contribution >= 4 is 21.7 Å². The maximum atomic E-state index is 12.9. The summed E-state index contributed by atoms with van der Waals surface area (Å²) < 4.78 is 38.8. The van der Waals surface area contributed by atoms with Crippen molar-refractivity contribution < 1.29 is 13.2 Å². The highest BCUT2D eigenvalue weighted by Crippen LogP contribution is 2.34. The molecule has 1 aromatic heterocycles. The molecule has 0 saturated carbocycles. The summed E-state index contributed by atoms with van der Waals surface area (Å²) in [6.07, 6.45) is -2.52. The minimum atomic E-state index is -4.34. The summed E-state index contributed by atoms with van der Waals surface area (Å²) in [6, 6.07) is 36.2. The zero-order valence-electron chi connectivity index (χ0n) is 19.1. The van der Waals surface area contributed by atoms with E-state index in [1.54, 1.807) is 0 Å². The average molecular weight is 476 g/mol. The predicted molar refractivity (Wildman–Crippen MR) is 141 cm³/mol. The summed E-state index contributed by atoms with van der Waals surface area (Å²) >= 11 is 0. The average Bonchev–Trinajstić information content (AvgIpc) is 2.92. The van der Waals surface area contributed by atoms with Crippen molar-refractivity contribution in [3.05, 3.63) is 127 Å². The molecule has 0 amide bonds. The normalized spacial score (nSPS) is 11.8. The van der Waals surface area contributed by atoms with Crippen LogP contribution in [0, 0.1) is 0 Å². The fraction of sp³-hybridized carbons (Fsp3) is 0.0312. The van der Waals surface area contributed by atoms with Crippen LogP contribution in [-0.2, 0) is 6.18 Å². The SMILES string of the molecule is FC(F)(F)c1ccc(-c2ccc3ccc(-c4ccc(-c5cccc6cccnc56)cc4)cc3c2)cc1. The van der Waals surface area contributed by atoms with E-state index in [0.717, 1.165) is 67.2 Å². The summed E-state index contributed by atoms with van der Waals surface area (Å²) in [5.41, 5.74) is 6.35. The summed E-state index contributed by atoms with van der Waals surface area (Å²) in [7, 11) is 0. The van der Waals surface area contributed by atoms with Crippen LogP contribution in [0.1, 0.15) is 5.56 Å². The molecule has 0 aliphatic carbocycles. The van der Waals surface area contributed by atoms with E-state index in [1.165, 1.54) is 12.1 Å². The second-order valence-electron chi connectivity index (χ2n) is 8.81. The number of benzene rings is 5. The molecule has 174 valence electrons. The molecule has 0 radical (unpaired) electrons. The van der Waals surface area contributed by atoms with Gasteiger partial charge in [-0.05, 0) is 68.9 Å². The van der Waals surface area contributed by atoms with E-state index in [-0.39, 0.29) is 0 Å². The largest absolute Gasteiger partial charge is 0.416 e. The molecule has 1 nitrogen and oxygen atoms in total. The Morgan fingerprint density at radius 2 is 1.03 bits per heavy atom. The molecule has 4 heteroatoms. The van der Waals surface area contributed by atoms with Gasteiger partial charge in [-0.3, -0.25) is 4.98 Å². The number of hydrogen-bond acceptors (Lipinski definition) is 1. The Labute approximate surface area is 206 Å². The van der Waals surface area contributed by atoms with Gasteiger partial charge in [-0.2, -0.15) is 13.2 Å². The van der Waals surface area contributed by atoms with Gasteiger partial charge in [0.15, 0.2) is 0 Å². The lowest BCUT2D eigenvalue weighted by molar-refractivity contribution is -0.137. The van der Waals surface area contributed by atoms with Gasteiger partial charge in [0.2, 0.25) is 0 Å². The standard InChI is InChI=1S/C32H20F3N/c33-32(34,35)29-16-14-22(15-17-29)27-13-9-23-8-12-26(19-28(23)20-27)21-6-10-24(11-7-21)30-5-1-3-25-4-2-18-36-31(25)30/h1-20H. The Morgan fingerprint density at radius 3 is 1.67 bits per heavy atom. The van der Waals surface area contributed by atoms with Gasteiger partial charge in [-0.1, -0.05) is 84.9 Å². The molecule has 6 aromatic rings. The van der Waals surface area contributed by atoms with Crippen LogP contribution in [0.25, 0.3) is 55.1 Å². The fourth-order valence-corrected chi connectivity index (χ4v) is 4.64. The molecule has 0 N–H and O–H groups in total. The van der Waals surface area contributed by atoms with E-state index in [4.69, 9.17) is 0 Å². The van der Waals surface area contributed by atoms with Gasteiger partial charge in [-0.25, -0.2) is 0 Å². The van der Waals surface area contributed by atoms with Crippen LogP contribution < -0.4 is 0 Å². The van der Waals surface area contributed by atoms with Crippen molar-refractivity contribution in [3.63, 3.8) is 0 Å². The number of aromatic nitrogens is 1. The lowest BCUT2D eigenvalue weighted by Crippen LogP contribution is -2.03. The molecule has 0 bridgehead atoms. The molecular formula is C32H20F3N. The summed E-state index contributed by atoms with van der Waals surface area (Å²) in [5.74, 6) is 0. The monoisotopic (exact) mass is 475 g/mol. The highest BCUT2D eigenvalue weighted by molar-refractivity contribution is 5.94. The smallest absolute Gasteiger partial charge is 0.256 e. The topological polar surface area (TPSA) is 12.9 Å². The first-order valence-electron chi connectivity index (χ1n) is 11.6. The maximum Gasteiger partial charge on any atom is 0.416 e. The zero-order chi connectivity index (χ0) is 24.7. The van der Waals surface area contributed by atoms with E-state index < -0.39 is 11.7 Å². The number of pyridine rings is 1. The molecule has 36 heavy (non-hydrogen) atoms. The van der Waals surface area contributed by atoms with E-state index in [9.17, 15) is 13.2 Å². The first kappa shape index (κ1) is 22.1. The van der Waals surface area contributed by atoms with Crippen LogP contribution in [0.4, 0.5) is 13.2 Å². The fourth-order valence-electron chi connectivity index (χ4n) is 4.64. The molecule has 0 aliphatic heterocycles.